The highest BCUT2D eigenvalue weighted by molar-refractivity contribution is 7.10. The number of nitrogens with zero attached hydrogens (tertiary/aromatic N) is 2. The van der Waals surface area contributed by atoms with Crippen LogP contribution >= 0.6 is 22.7 Å². The summed E-state index contributed by atoms with van der Waals surface area (Å²) < 4.78 is 5.18. The van der Waals surface area contributed by atoms with Gasteiger partial charge in [-0.25, -0.2) is 0 Å². The van der Waals surface area contributed by atoms with Crippen molar-refractivity contribution in [3.05, 3.63) is 45.1 Å². The smallest absolute Gasteiger partial charge is 0.227 e. The molecular formula is C15H15N3O2S2. The summed E-state index contributed by atoms with van der Waals surface area (Å²) in [6.45, 7) is 1.98. The Morgan fingerprint density at radius 2 is 2.32 bits per heavy atom. The van der Waals surface area contributed by atoms with Crippen molar-refractivity contribution in [1.82, 2.24) is 15.5 Å². The molecule has 114 valence electrons. The van der Waals surface area contributed by atoms with Crippen LogP contribution in [0.1, 0.15) is 30.2 Å². The van der Waals surface area contributed by atoms with Gasteiger partial charge in [0.25, 0.3) is 0 Å². The van der Waals surface area contributed by atoms with Crippen LogP contribution in [0.5, 0.6) is 0 Å². The van der Waals surface area contributed by atoms with E-state index in [0.717, 1.165) is 10.4 Å². The molecule has 3 aromatic rings. The number of carbonyl (C=O) groups is 1. The first-order chi connectivity index (χ1) is 10.7. The van der Waals surface area contributed by atoms with E-state index in [2.05, 4.69) is 15.5 Å². The molecule has 5 nitrogen and oxygen atoms in total. The third-order valence-corrected chi connectivity index (χ3v) is 4.90. The first-order valence-corrected chi connectivity index (χ1v) is 8.72. The minimum Gasteiger partial charge on any atom is -0.349 e. The third-order valence-electron chi connectivity index (χ3n) is 3.16. The molecule has 1 amide bonds. The Balaban J connectivity index is 1.51. The highest BCUT2D eigenvalue weighted by atomic mass is 32.1. The van der Waals surface area contributed by atoms with Crippen LogP contribution in [0.15, 0.2) is 38.9 Å². The van der Waals surface area contributed by atoms with Crippen molar-refractivity contribution < 1.29 is 9.32 Å². The highest BCUT2D eigenvalue weighted by Gasteiger charge is 2.13. The number of hydrogen-bond acceptors (Lipinski definition) is 6. The summed E-state index contributed by atoms with van der Waals surface area (Å²) in [5.74, 6) is 1.04. The summed E-state index contributed by atoms with van der Waals surface area (Å²) in [6, 6.07) is 5.96. The summed E-state index contributed by atoms with van der Waals surface area (Å²) >= 11 is 3.22. The summed E-state index contributed by atoms with van der Waals surface area (Å²) in [6.07, 6.45) is 0.779. The lowest BCUT2D eigenvalue weighted by molar-refractivity contribution is -0.121. The van der Waals surface area contributed by atoms with Crippen LogP contribution in [0.3, 0.4) is 0 Å². The predicted octanol–water partition coefficient (Wildman–Crippen LogP) is 3.67. The first kappa shape index (κ1) is 14.9. The number of amides is 1. The number of thiophene rings is 2. The number of carbonyl (C=O) groups excluding carboxylic acids is 1. The largest absolute Gasteiger partial charge is 0.349 e. The van der Waals surface area contributed by atoms with E-state index in [-0.39, 0.29) is 11.9 Å². The van der Waals surface area contributed by atoms with E-state index in [1.807, 2.05) is 41.3 Å². The normalized spacial score (nSPS) is 12.2. The Hall–Kier alpha value is -1.99. The van der Waals surface area contributed by atoms with Crippen LogP contribution < -0.4 is 5.32 Å². The molecule has 0 aliphatic rings. The highest BCUT2D eigenvalue weighted by Crippen LogP contribution is 2.20. The average Bonchev–Trinajstić information content (AvgIpc) is 3.25. The molecule has 1 atom stereocenters. The lowest BCUT2D eigenvalue weighted by Gasteiger charge is -2.11. The van der Waals surface area contributed by atoms with Gasteiger partial charge in [-0.05, 0) is 29.8 Å². The Kier molecular flexibility index (Phi) is 4.65. The summed E-state index contributed by atoms with van der Waals surface area (Å²) in [5.41, 5.74) is 0.941. The Labute approximate surface area is 136 Å². The standard InChI is InChI=1S/C15H15N3O2S2/c1-10(12-3-2-7-22-12)16-13(19)4-5-14-17-15(18-20-14)11-6-8-21-9-11/h2-3,6-10H,4-5H2,1H3,(H,16,19). The van der Waals surface area contributed by atoms with Crippen molar-refractivity contribution in [2.45, 2.75) is 25.8 Å². The van der Waals surface area contributed by atoms with E-state index in [4.69, 9.17) is 4.52 Å². The average molecular weight is 333 g/mol. The van der Waals surface area contributed by atoms with Gasteiger partial charge >= 0.3 is 0 Å². The van der Waals surface area contributed by atoms with Gasteiger partial charge < -0.3 is 9.84 Å². The second-order valence-corrected chi connectivity index (χ2v) is 6.59. The monoisotopic (exact) mass is 333 g/mol. The van der Waals surface area contributed by atoms with E-state index in [0.29, 0.717) is 24.6 Å². The van der Waals surface area contributed by atoms with Gasteiger partial charge in [0.05, 0.1) is 6.04 Å². The number of nitrogens with one attached hydrogen (secondary N) is 1. The molecule has 0 saturated heterocycles. The van der Waals surface area contributed by atoms with E-state index in [1.54, 1.807) is 22.7 Å². The maximum absolute atomic E-state index is 12.0. The van der Waals surface area contributed by atoms with E-state index in [1.165, 1.54) is 0 Å². The van der Waals surface area contributed by atoms with Gasteiger partial charge in [0.1, 0.15) is 0 Å². The predicted molar refractivity (Wildman–Crippen MR) is 86.8 cm³/mol. The van der Waals surface area contributed by atoms with E-state index >= 15 is 0 Å². The molecule has 0 bridgehead atoms. The van der Waals surface area contributed by atoms with E-state index < -0.39 is 0 Å². The van der Waals surface area contributed by atoms with Crippen molar-refractivity contribution >= 4 is 28.6 Å². The van der Waals surface area contributed by atoms with Crippen molar-refractivity contribution in [3.63, 3.8) is 0 Å². The van der Waals surface area contributed by atoms with Crippen LogP contribution in [-0.2, 0) is 11.2 Å². The SMILES string of the molecule is CC(NC(=O)CCc1nc(-c2ccsc2)no1)c1cccs1. The molecule has 0 radical (unpaired) electrons. The molecular weight excluding hydrogens is 318 g/mol. The molecule has 0 saturated carbocycles. The minimum absolute atomic E-state index is 0.0174. The Morgan fingerprint density at radius 1 is 1.41 bits per heavy atom. The van der Waals surface area contributed by atoms with Gasteiger partial charge in [0.2, 0.25) is 17.6 Å². The maximum Gasteiger partial charge on any atom is 0.227 e. The van der Waals surface area contributed by atoms with Crippen molar-refractivity contribution in [1.29, 1.82) is 0 Å². The molecule has 0 aliphatic carbocycles. The second-order valence-electron chi connectivity index (χ2n) is 4.83. The fraction of sp³-hybridized carbons (Fsp3) is 0.267. The van der Waals surface area contributed by atoms with Crippen LogP contribution in [-0.4, -0.2) is 16.0 Å². The van der Waals surface area contributed by atoms with Crippen molar-refractivity contribution in [3.8, 4) is 11.4 Å². The minimum atomic E-state index is -0.0174. The summed E-state index contributed by atoms with van der Waals surface area (Å²) in [7, 11) is 0. The van der Waals surface area contributed by atoms with Gasteiger partial charge in [0.15, 0.2) is 0 Å². The number of rotatable bonds is 6. The molecule has 22 heavy (non-hydrogen) atoms. The molecule has 3 aromatic heterocycles. The van der Waals surface area contributed by atoms with Crippen molar-refractivity contribution in [2.24, 2.45) is 0 Å². The zero-order chi connectivity index (χ0) is 15.4. The van der Waals surface area contributed by atoms with Crippen LogP contribution in [0.2, 0.25) is 0 Å². The molecule has 7 heteroatoms. The zero-order valence-electron chi connectivity index (χ0n) is 12.0. The van der Waals surface area contributed by atoms with E-state index in [9.17, 15) is 4.79 Å². The quantitative estimate of drug-likeness (QED) is 0.747. The molecule has 1 unspecified atom stereocenters. The Morgan fingerprint density at radius 3 is 3.05 bits per heavy atom. The van der Waals surface area contributed by atoms with Gasteiger partial charge in [-0.2, -0.15) is 16.3 Å². The second kappa shape index (κ2) is 6.85. The Bertz CT molecular complexity index is 720. The van der Waals surface area contributed by atoms with Crippen LogP contribution in [0.25, 0.3) is 11.4 Å². The van der Waals surface area contributed by atoms with Crippen molar-refractivity contribution in [2.75, 3.05) is 0 Å². The molecule has 3 heterocycles. The number of hydrogen-bond donors (Lipinski definition) is 1. The molecule has 0 aromatic carbocycles. The number of aromatic nitrogens is 2. The first-order valence-electron chi connectivity index (χ1n) is 6.90. The van der Waals surface area contributed by atoms with Crippen LogP contribution in [0.4, 0.5) is 0 Å². The molecule has 0 aliphatic heterocycles. The maximum atomic E-state index is 12.0. The lowest BCUT2D eigenvalue weighted by Crippen LogP contribution is -2.26. The molecule has 0 fully saturated rings. The van der Waals surface area contributed by atoms with Gasteiger partial charge in [-0.15, -0.1) is 11.3 Å². The molecule has 0 spiro atoms. The number of aryl methyl sites for hydroxylation is 1. The van der Waals surface area contributed by atoms with Gasteiger partial charge in [0, 0.05) is 28.7 Å². The topological polar surface area (TPSA) is 68.0 Å². The summed E-state index contributed by atoms with van der Waals surface area (Å²) in [5, 5.41) is 12.8. The molecule has 3 rings (SSSR count). The van der Waals surface area contributed by atoms with Gasteiger partial charge in [-0.3, -0.25) is 4.79 Å². The fourth-order valence-corrected chi connectivity index (χ4v) is 3.38. The lowest BCUT2D eigenvalue weighted by atomic mass is 10.2. The fourth-order valence-electron chi connectivity index (χ4n) is 2.01. The van der Waals surface area contributed by atoms with Crippen LogP contribution in [0, 0.1) is 0 Å². The summed E-state index contributed by atoms with van der Waals surface area (Å²) in [4.78, 5) is 17.4. The third kappa shape index (κ3) is 3.61. The zero-order valence-corrected chi connectivity index (χ0v) is 13.6. The molecule has 1 N–H and O–H groups in total. The van der Waals surface area contributed by atoms with Gasteiger partial charge in [-0.1, -0.05) is 11.2 Å².